The van der Waals surface area contributed by atoms with Gasteiger partial charge in [-0.1, -0.05) is 54.6 Å². The van der Waals surface area contributed by atoms with E-state index in [0.717, 1.165) is 5.69 Å². The van der Waals surface area contributed by atoms with Crippen LogP contribution in [0.5, 0.6) is 0 Å². The molecule has 118 valence electrons. The number of nitrogen functional groups attached to an aromatic ring is 1. The largest absolute Gasteiger partial charge is 0.399 e. The number of benzene rings is 4. The fourth-order valence-electron chi connectivity index (χ4n) is 4.85. The summed E-state index contributed by atoms with van der Waals surface area (Å²) in [5.74, 6) is 0.575. The van der Waals surface area contributed by atoms with Crippen LogP contribution < -0.4 is 5.73 Å². The number of rotatable bonds is 0. The van der Waals surface area contributed by atoms with Crippen molar-refractivity contribution in [3.8, 4) is 0 Å². The maximum atomic E-state index is 6.16. The molecule has 2 unspecified atom stereocenters. The van der Waals surface area contributed by atoms with E-state index < -0.39 is 0 Å². The Morgan fingerprint density at radius 3 is 1.80 bits per heavy atom. The summed E-state index contributed by atoms with van der Waals surface area (Å²) >= 11 is 0. The molecule has 0 heterocycles. The first-order valence-corrected chi connectivity index (χ1v) is 8.81. The average Bonchev–Trinajstić information content (AvgIpc) is 2.78. The summed E-state index contributed by atoms with van der Waals surface area (Å²) in [6, 6.07) is 29.0. The SMILES string of the molecule is Nc1ccc2c(c1)C1c3cccc(c3)C2c2cc3ccccc3cc21. The standard InChI is InChI=1S/C24H17N/c25-18-8-9-19-22(13-18)24-17-7-3-6-16(10-17)23(19)20-11-14-4-1-2-5-15(14)12-21(20)24/h1-13,23-24H,25H2. The zero-order chi connectivity index (χ0) is 16.5. The Kier molecular flexibility index (Phi) is 2.39. The molecule has 7 rings (SSSR count). The number of hydrogen-bond acceptors (Lipinski definition) is 1. The molecule has 0 saturated heterocycles. The molecule has 0 aromatic heterocycles. The van der Waals surface area contributed by atoms with Crippen molar-refractivity contribution in [1.82, 2.24) is 0 Å². The Balaban J connectivity index is 1.79. The van der Waals surface area contributed by atoms with Crippen LogP contribution in [0.3, 0.4) is 0 Å². The molecule has 4 bridgehead atoms. The molecular weight excluding hydrogens is 302 g/mol. The van der Waals surface area contributed by atoms with Crippen LogP contribution in [0.1, 0.15) is 45.2 Å². The molecule has 4 aromatic carbocycles. The number of anilines is 1. The fourth-order valence-corrected chi connectivity index (χ4v) is 4.85. The van der Waals surface area contributed by atoms with Crippen molar-refractivity contribution in [2.75, 3.05) is 5.73 Å². The third-order valence-electron chi connectivity index (χ3n) is 5.88. The minimum atomic E-state index is 0.275. The molecule has 25 heavy (non-hydrogen) atoms. The summed E-state index contributed by atoms with van der Waals surface area (Å²) in [5, 5.41) is 2.63. The molecule has 0 spiro atoms. The van der Waals surface area contributed by atoms with E-state index in [9.17, 15) is 0 Å². The van der Waals surface area contributed by atoms with Crippen molar-refractivity contribution in [1.29, 1.82) is 0 Å². The second-order valence-corrected chi connectivity index (χ2v) is 7.25. The van der Waals surface area contributed by atoms with Gasteiger partial charge in [-0.05, 0) is 68.4 Å². The van der Waals surface area contributed by atoms with E-state index in [-0.39, 0.29) is 5.92 Å². The highest BCUT2D eigenvalue weighted by atomic mass is 14.5. The maximum Gasteiger partial charge on any atom is 0.0347 e. The number of hydrogen-bond donors (Lipinski definition) is 1. The van der Waals surface area contributed by atoms with E-state index in [1.54, 1.807) is 0 Å². The lowest BCUT2D eigenvalue weighted by molar-refractivity contribution is 0.857. The van der Waals surface area contributed by atoms with Crippen LogP contribution in [0.25, 0.3) is 10.8 Å². The monoisotopic (exact) mass is 319 g/mol. The molecule has 1 nitrogen and oxygen atoms in total. The minimum Gasteiger partial charge on any atom is -0.399 e. The molecule has 0 aliphatic heterocycles. The fraction of sp³-hybridized carbons (Fsp3) is 0.0833. The Morgan fingerprint density at radius 1 is 0.520 bits per heavy atom. The van der Waals surface area contributed by atoms with Crippen LogP contribution in [-0.2, 0) is 0 Å². The highest BCUT2D eigenvalue weighted by molar-refractivity contribution is 5.86. The Bertz CT molecular complexity index is 1170. The van der Waals surface area contributed by atoms with Crippen LogP contribution >= 0.6 is 0 Å². The normalized spacial score (nSPS) is 19.4. The van der Waals surface area contributed by atoms with Gasteiger partial charge in [-0.25, -0.2) is 0 Å². The van der Waals surface area contributed by atoms with Crippen molar-refractivity contribution in [3.05, 3.63) is 112 Å². The molecule has 3 aliphatic carbocycles. The zero-order valence-corrected chi connectivity index (χ0v) is 13.7. The highest BCUT2D eigenvalue weighted by Crippen LogP contribution is 2.53. The smallest absolute Gasteiger partial charge is 0.0347 e. The molecule has 1 heteroatoms. The third kappa shape index (κ3) is 1.68. The first-order valence-electron chi connectivity index (χ1n) is 8.81. The average molecular weight is 319 g/mol. The van der Waals surface area contributed by atoms with Crippen molar-refractivity contribution in [2.24, 2.45) is 0 Å². The maximum absolute atomic E-state index is 6.16. The van der Waals surface area contributed by atoms with Gasteiger partial charge >= 0.3 is 0 Å². The molecule has 2 N–H and O–H groups in total. The summed E-state index contributed by atoms with van der Waals surface area (Å²) in [6.07, 6.45) is 0. The molecule has 0 amide bonds. The van der Waals surface area contributed by atoms with Gasteiger partial charge in [-0.2, -0.15) is 0 Å². The lowest BCUT2D eigenvalue weighted by Gasteiger charge is -2.32. The second-order valence-electron chi connectivity index (χ2n) is 7.25. The second kappa shape index (κ2) is 4.52. The molecular formula is C24H17N. The van der Waals surface area contributed by atoms with E-state index >= 15 is 0 Å². The van der Waals surface area contributed by atoms with E-state index in [1.807, 2.05) is 6.07 Å². The first kappa shape index (κ1) is 13.3. The van der Waals surface area contributed by atoms with Gasteiger partial charge in [0.1, 0.15) is 0 Å². The van der Waals surface area contributed by atoms with Gasteiger partial charge in [0.25, 0.3) is 0 Å². The van der Waals surface area contributed by atoms with Crippen molar-refractivity contribution in [2.45, 2.75) is 11.8 Å². The van der Waals surface area contributed by atoms with Gasteiger partial charge in [0.15, 0.2) is 0 Å². The molecule has 0 radical (unpaired) electrons. The molecule has 3 aliphatic rings. The number of fused-ring (bicyclic) bond motifs is 1. The zero-order valence-electron chi connectivity index (χ0n) is 13.7. The van der Waals surface area contributed by atoms with Crippen molar-refractivity contribution in [3.63, 3.8) is 0 Å². The van der Waals surface area contributed by atoms with E-state index in [2.05, 4.69) is 72.8 Å². The Labute approximate surface area is 146 Å². The van der Waals surface area contributed by atoms with Gasteiger partial charge in [0, 0.05) is 17.5 Å². The molecule has 2 atom stereocenters. The predicted octanol–water partition coefficient (Wildman–Crippen LogP) is 5.41. The van der Waals surface area contributed by atoms with Crippen molar-refractivity contribution < 1.29 is 0 Å². The summed E-state index contributed by atoms with van der Waals surface area (Å²) in [7, 11) is 0. The Morgan fingerprint density at radius 2 is 1.12 bits per heavy atom. The predicted molar refractivity (Wildman–Crippen MR) is 103 cm³/mol. The molecule has 0 saturated carbocycles. The highest BCUT2D eigenvalue weighted by Gasteiger charge is 2.37. The topological polar surface area (TPSA) is 26.0 Å². The minimum absolute atomic E-state index is 0.275. The van der Waals surface area contributed by atoms with Gasteiger partial charge in [0.2, 0.25) is 0 Å². The van der Waals surface area contributed by atoms with Crippen LogP contribution in [0, 0.1) is 0 Å². The number of nitrogens with two attached hydrogens (primary N) is 1. The summed E-state index contributed by atoms with van der Waals surface area (Å²) in [4.78, 5) is 0. The van der Waals surface area contributed by atoms with E-state index in [4.69, 9.17) is 5.73 Å². The van der Waals surface area contributed by atoms with Crippen LogP contribution in [0.15, 0.2) is 78.9 Å². The Hall–Kier alpha value is -3.06. The molecule has 0 fully saturated rings. The third-order valence-corrected chi connectivity index (χ3v) is 5.88. The van der Waals surface area contributed by atoms with E-state index in [1.165, 1.54) is 44.2 Å². The quantitative estimate of drug-likeness (QED) is 0.372. The summed E-state index contributed by atoms with van der Waals surface area (Å²) < 4.78 is 0. The summed E-state index contributed by atoms with van der Waals surface area (Å²) in [5.41, 5.74) is 15.4. The van der Waals surface area contributed by atoms with Gasteiger partial charge in [-0.15, -0.1) is 0 Å². The van der Waals surface area contributed by atoms with Crippen LogP contribution in [0.2, 0.25) is 0 Å². The summed E-state index contributed by atoms with van der Waals surface area (Å²) in [6.45, 7) is 0. The van der Waals surface area contributed by atoms with Crippen LogP contribution in [-0.4, -0.2) is 0 Å². The van der Waals surface area contributed by atoms with Crippen LogP contribution in [0.4, 0.5) is 5.69 Å². The van der Waals surface area contributed by atoms with Gasteiger partial charge < -0.3 is 5.73 Å². The molecule has 4 aromatic rings. The van der Waals surface area contributed by atoms with Gasteiger partial charge in [0.05, 0.1) is 0 Å². The van der Waals surface area contributed by atoms with Gasteiger partial charge in [-0.3, -0.25) is 0 Å². The van der Waals surface area contributed by atoms with E-state index in [0.29, 0.717) is 5.92 Å². The lowest BCUT2D eigenvalue weighted by atomic mass is 9.71. The lowest BCUT2D eigenvalue weighted by Crippen LogP contribution is -2.17. The van der Waals surface area contributed by atoms with Crippen molar-refractivity contribution >= 4 is 16.5 Å². The first-order chi connectivity index (χ1) is 12.3.